The molecule has 0 saturated carbocycles. The van der Waals surface area contributed by atoms with E-state index >= 15 is 0 Å². The van der Waals surface area contributed by atoms with Crippen molar-refractivity contribution >= 4 is 17.3 Å². The summed E-state index contributed by atoms with van der Waals surface area (Å²) in [4.78, 5) is 12.0. The third-order valence-corrected chi connectivity index (χ3v) is 2.91. The predicted molar refractivity (Wildman–Crippen MR) is 77.7 cm³/mol. The topological polar surface area (TPSA) is 82.2 Å². The zero-order valence-electron chi connectivity index (χ0n) is 11.8. The zero-order valence-corrected chi connectivity index (χ0v) is 11.8. The van der Waals surface area contributed by atoms with Gasteiger partial charge in [0.1, 0.15) is 12.3 Å². The minimum absolute atomic E-state index is 0.150. The van der Waals surface area contributed by atoms with Crippen LogP contribution in [0.15, 0.2) is 24.3 Å². The molecule has 6 nitrogen and oxygen atoms in total. The first kappa shape index (κ1) is 13.9. The van der Waals surface area contributed by atoms with Crippen molar-refractivity contribution in [3.8, 4) is 5.75 Å². The summed E-state index contributed by atoms with van der Waals surface area (Å²) in [6.07, 6.45) is 0. The first-order chi connectivity index (χ1) is 9.49. The SMILES string of the molecule is COc1cc(NC(=O)Cn2nc(C)cc2C)ccc1N. The lowest BCUT2D eigenvalue weighted by Gasteiger charge is -2.09. The smallest absolute Gasteiger partial charge is 0.246 e. The standard InChI is InChI=1S/C14H18N4O2/c1-9-6-10(2)18(17-9)8-14(19)16-11-4-5-12(15)13(7-11)20-3/h4-7H,8,15H2,1-3H3,(H,16,19). The highest BCUT2D eigenvalue weighted by Gasteiger charge is 2.08. The Bertz CT molecular complexity index is 634. The summed E-state index contributed by atoms with van der Waals surface area (Å²) in [7, 11) is 1.53. The molecule has 0 unspecified atom stereocenters. The van der Waals surface area contributed by atoms with Gasteiger partial charge >= 0.3 is 0 Å². The van der Waals surface area contributed by atoms with Gasteiger partial charge in [0, 0.05) is 17.4 Å². The van der Waals surface area contributed by atoms with Crippen LogP contribution in [0.1, 0.15) is 11.4 Å². The molecule has 2 rings (SSSR count). The van der Waals surface area contributed by atoms with Crippen molar-refractivity contribution < 1.29 is 9.53 Å². The number of carbonyl (C=O) groups excluding carboxylic acids is 1. The number of nitrogen functional groups attached to an aromatic ring is 1. The molecule has 0 radical (unpaired) electrons. The van der Waals surface area contributed by atoms with Crippen LogP contribution in [0.4, 0.5) is 11.4 Å². The maximum Gasteiger partial charge on any atom is 0.246 e. The van der Waals surface area contributed by atoms with E-state index < -0.39 is 0 Å². The number of anilines is 2. The maximum absolute atomic E-state index is 12.0. The van der Waals surface area contributed by atoms with E-state index in [1.54, 1.807) is 22.9 Å². The summed E-state index contributed by atoms with van der Waals surface area (Å²) in [6, 6.07) is 7.04. The fraction of sp³-hybridized carbons (Fsp3) is 0.286. The predicted octanol–water partition coefficient (Wildman–Crippen LogP) is 1.73. The first-order valence-electron chi connectivity index (χ1n) is 6.24. The fourth-order valence-electron chi connectivity index (χ4n) is 1.96. The van der Waals surface area contributed by atoms with E-state index in [1.807, 2.05) is 19.9 Å². The summed E-state index contributed by atoms with van der Waals surface area (Å²) in [6.45, 7) is 3.98. The summed E-state index contributed by atoms with van der Waals surface area (Å²) in [5.41, 5.74) is 8.74. The number of aryl methyl sites for hydroxylation is 2. The van der Waals surface area contributed by atoms with E-state index in [2.05, 4.69) is 10.4 Å². The van der Waals surface area contributed by atoms with Gasteiger partial charge in [0.15, 0.2) is 0 Å². The van der Waals surface area contributed by atoms with Gasteiger partial charge in [-0.3, -0.25) is 9.48 Å². The van der Waals surface area contributed by atoms with Crippen molar-refractivity contribution in [1.29, 1.82) is 0 Å². The molecule has 6 heteroatoms. The van der Waals surface area contributed by atoms with Crippen LogP contribution >= 0.6 is 0 Å². The van der Waals surface area contributed by atoms with Gasteiger partial charge in [-0.1, -0.05) is 0 Å². The van der Waals surface area contributed by atoms with Gasteiger partial charge in [-0.05, 0) is 32.0 Å². The van der Waals surface area contributed by atoms with Crippen molar-refractivity contribution in [2.45, 2.75) is 20.4 Å². The Hall–Kier alpha value is -2.50. The number of benzene rings is 1. The van der Waals surface area contributed by atoms with Gasteiger partial charge in [0.2, 0.25) is 5.91 Å². The molecule has 0 aliphatic rings. The van der Waals surface area contributed by atoms with Crippen LogP contribution in [0.5, 0.6) is 5.75 Å². The molecule has 1 aromatic heterocycles. The van der Waals surface area contributed by atoms with Crippen LogP contribution in [0.25, 0.3) is 0 Å². The van der Waals surface area contributed by atoms with Gasteiger partial charge in [-0.25, -0.2) is 0 Å². The largest absolute Gasteiger partial charge is 0.495 e. The molecular formula is C14H18N4O2. The van der Waals surface area contributed by atoms with E-state index in [4.69, 9.17) is 10.5 Å². The van der Waals surface area contributed by atoms with Crippen molar-refractivity contribution in [2.24, 2.45) is 0 Å². The lowest BCUT2D eigenvalue weighted by atomic mass is 10.2. The number of nitrogens with one attached hydrogen (secondary N) is 1. The Labute approximate surface area is 117 Å². The van der Waals surface area contributed by atoms with Crippen LogP contribution in [0, 0.1) is 13.8 Å². The molecule has 106 valence electrons. The van der Waals surface area contributed by atoms with Gasteiger partial charge in [0.05, 0.1) is 18.5 Å². The van der Waals surface area contributed by atoms with Gasteiger partial charge in [0.25, 0.3) is 0 Å². The summed E-state index contributed by atoms with van der Waals surface area (Å²) in [5.74, 6) is 0.386. The lowest BCUT2D eigenvalue weighted by molar-refractivity contribution is -0.116. The monoisotopic (exact) mass is 274 g/mol. The number of amides is 1. The summed E-state index contributed by atoms with van der Waals surface area (Å²) in [5, 5.41) is 7.04. The second-order valence-corrected chi connectivity index (χ2v) is 4.59. The first-order valence-corrected chi connectivity index (χ1v) is 6.24. The highest BCUT2D eigenvalue weighted by molar-refractivity contribution is 5.91. The number of nitrogens with zero attached hydrogens (tertiary/aromatic N) is 2. The molecule has 0 aliphatic carbocycles. The summed E-state index contributed by atoms with van der Waals surface area (Å²) < 4.78 is 6.78. The number of nitrogens with two attached hydrogens (primary N) is 1. The molecule has 20 heavy (non-hydrogen) atoms. The molecule has 3 N–H and O–H groups in total. The van der Waals surface area contributed by atoms with E-state index in [1.165, 1.54) is 7.11 Å². The van der Waals surface area contributed by atoms with Gasteiger partial charge in [-0.15, -0.1) is 0 Å². The average Bonchev–Trinajstić information content (AvgIpc) is 2.70. The molecule has 0 atom stereocenters. The maximum atomic E-state index is 12.0. The number of carbonyl (C=O) groups is 1. The molecule has 0 bridgehead atoms. The number of hydrogen-bond acceptors (Lipinski definition) is 4. The minimum atomic E-state index is -0.150. The fourth-order valence-corrected chi connectivity index (χ4v) is 1.96. The second kappa shape index (κ2) is 5.64. The Balaban J connectivity index is 2.06. The van der Waals surface area contributed by atoms with Gasteiger partial charge < -0.3 is 15.8 Å². The van der Waals surface area contributed by atoms with E-state index in [-0.39, 0.29) is 12.5 Å². The van der Waals surface area contributed by atoms with Crippen LogP contribution in [-0.4, -0.2) is 22.8 Å². The molecule has 1 aromatic carbocycles. The Morgan fingerprint density at radius 3 is 2.75 bits per heavy atom. The molecule has 1 heterocycles. The number of hydrogen-bond donors (Lipinski definition) is 2. The Morgan fingerprint density at radius 1 is 1.40 bits per heavy atom. The molecule has 0 spiro atoms. The Kier molecular flexibility index (Phi) is 3.93. The Morgan fingerprint density at radius 2 is 2.15 bits per heavy atom. The second-order valence-electron chi connectivity index (χ2n) is 4.59. The van der Waals surface area contributed by atoms with Crippen molar-refractivity contribution in [1.82, 2.24) is 9.78 Å². The average molecular weight is 274 g/mol. The number of rotatable bonds is 4. The molecule has 2 aromatic rings. The van der Waals surface area contributed by atoms with Crippen molar-refractivity contribution in [3.05, 3.63) is 35.7 Å². The number of methoxy groups -OCH3 is 1. The van der Waals surface area contributed by atoms with Gasteiger partial charge in [-0.2, -0.15) is 5.10 Å². The normalized spacial score (nSPS) is 10.3. The molecule has 0 saturated heterocycles. The van der Waals surface area contributed by atoms with E-state index in [0.717, 1.165) is 11.4 Å². The van der Waals surface area contributed by atoms with Crippen LogP contribution in [-0.2, 0) is 11.3 Å². The zero-order chi connectivity index (χ0) is 14.7. The quantitative estimate of drug-likeness (QED) is 0.832. The van der Waals surface area contributed by atoms with Crippen LogP contribution < -0.4 is 15.8 Å². The third kappa shape index (κ3) is 3.09. The van der Waals surface area contributed by atoms with Crippen molar-refractivity contribution in [2.75, 3.05) is 18.2 Å². The third-order valence-electron chi connectivity index (χ3n) is 2.91. The molecule has 0 aliphatic heterocycles. The summed E-state index contributed by atoms with van der Waals surface area (Å²) >= 11 is 0. The highest BCUT2D eigenvalue weighted by atomic mass is 16.5. The molecular weight excluding hydrogens is 256 g/mol. The van der Waals surface area contributed by atoms with Crippen molar-refractivity contribution in [3.63, 3.8) is 0 Å². The van der Waals surface area contributed by atoms with Crippen LogP contribution in [0.3, 0.4) is 0 Å². The number of aromatic nitrogens is 2. The van der Waals surface area contributed by atoms with E-state index in [9.17, 15) is 4.79 Å². The van der Waals surface area contributed by atoms with Crippen LogP contribution in [0.2, 0.25) is 0 Å². The molecule has 0 fully saturated rings. The lowest BCUT2D eigenvalue weighted by Crippen LogP contribution is -2.20. The molecule has 1 amide bonds. The number of ether oxygens (including phenoxy) is 1. The highest BCUT2D eigenvalue weighted by Crippen LogP contribution is 2.24. The minimum Gasteiger partial charge on any atom is -0.495 e. The van der Waals surface area contributed by atoms with E-state index in [0.29, 0.717) is 17.1 Å².